The number of benzene rings is 1. The third-order valence-corrected chi connectivity index (χ3v) is 4.16. The molecule has 0 spiro atoms. The number of halogens is 1. The molecule has 0 aliphatic heterocycles. The fraction of sp³-hybridized carbons (Fsp3) is 0.0625. The fourth-order valence-electron chi connectivity index (χ4n) is 2.34. The number of H-pyrrole nitrogens is 1. The van der Waals surface area contributed by atoms with Gasteiger partial charge in [-0.2, -0.15) is 0 Å². The zero-order valence-corrected chi connectivity index (χ0v) is 13.2. The fourth-order valence-corrected chi connectivity index (χ4v) is 3.05. The predicted molar refractivity (Wildman–Crippen MR) is 92.7 cm³/mol. The molecule has 0 fully saturated rings. The van der Waals surface area contributed by atoms with Gasteiger partial charge in [0.05, 0.1) is 18.5 Å². The van der Waals surface area contributed by atoms with Crippen molar-refractivity contribution in [2.45, 2.75) is 6.54 Å². The van der Waals surface area contributed by atoms with E-state index >= 15 is 0 Å². The number of anilines is 1. The summed E-state index contributed by atoms with van der Waals surface area (Å²) < 4.78 is 5.30. The second-order valence-electron chi connectivity index (χ2n) is 4.72. The third-order valence-electron chi connectivity index (χ3n) is 3.36. The van der Waals surface area contributed by atoms with Crippen LogP contribution in [0, 0.1) is 0 Å². The zero-order valence-electron chi connectivity index (χ0n) is 11.6. The molecule has 0 aliphatic rings. The molecule has 0 bridgehead atoms. The van der Waals surface area contributed by atoms with Gasteiger partial charge in [0.2, 0.25) is 0 Å². The van der Waals surface area contributed by atoms with E-state index in [4.69, 9.17) is 4.42 Å². The Balaban J connectivity index is 0.00000144. The molecule has 0 amide bonds. The van der Waals surface area contributed by atoms with Crippen LogP contribution in [0.3, 0.4) is 0 Å². The largest absolute Gasteiger partial charge is 0.467 e. The normalized spacial score (nSPS) is 10.5. The number of aromatic amines is 1. The molecule has 0 atom stereocenters. The Bertz CT molecular complexity index is 866. The summed E-state index contributed by atoms with van der Waals surface area (Å²) in [5.74, 6) is 0.902. The van der Waals surface area contributed by atoms with E-state index in [1.54, 1.807) is 17.6 Å². The maximum atomic E-state index is 5.30. The minimum absolute atomic E-state index is 0. The quantitative estimate of drug-likeness (QED) is 0.558. The van der Waals surface area contributed by atoms with Crippen molar-refractivity contribution in [1.29, 1.82) is 0 Å². The molecule has 2 N–H and O–H groups in total. The van der Waals surface area contributed by atoms with Crippen LogP contribution >= 0.6 is 23.7 Å². The van der Waals surface area contributed by atoms with Gasteiger partial charge in [-0.1, -0.05) is 18.2 Å². The highest BCUT2D eigenvalue weighted by Crippen LogP contribution is 2.30. The van der Waals surface area contributed by atoms with Crippen molar-refractivity contribution in [3.63, 3.8) is 0 Å². The molecular weight excluding hydrogens is 318 g/mol. The maximum Gasteiger partial charge on any atom is 0.183 e. The summed E-state index contributed by atoms with van der Waals surface area (Å²) in [6.45, 7) is 0.647. The highest BCUT2D eigenvalue weighted by Gasteiger charge is 2.09. The number of furan rings is 1. The number of hydrogen-bond acceptors (Lipinski definition) is 4. The van der Waals surface area contributed by atoms with E-state index < -0.39 is 0 Å². The first-order valence-electron chi connectivity index (χ1n) is 6.68. The van der Waals surface area contributed by atoms with Gasteiger partial charge in [0, 0.05) is 28.0 Å². The molecule has 0 saturated heterocycles. The van der Waals surface area contributed by atoms with Crippen molar-refractivity contribution >= 4 is 39.8 Å². The number of nitrogens with zero attached hydrogens (tertiary/aromatic N) is 1. The molecule has 3 heterocycles. The molecule has 6 heteroatoms. The Morgan fingerprint density at radius 1 is 1.18 bits per heavy atom. The Morgan fingerprint density at radius 3 is 2.95 bits per heavy atom. The predicted octanol–water partition coefficient (Wildman–Crippen LogP) is 4.92. The monoisotopic (exact) mass is 331 g/mol. The number of thiazole rings is 1. The lowest BCUT2D eigenvalue weighted by molar-refractivity contribution is 0.518. The van der Waals surface area contributed by atoms with E-state index in [9.17, 15) is 0 Å². The van der Waals surface area contributed by atoms with E-state index in [1.807, 2.05) is 30.5 Å². The Labute approximate surface area is 137 Å². The van der Waals surface area contributed by atoms with Crippen molar-refractivity contribution in [3.05, 3.63) is 60.0 Å². The van der Waals surface area contributed by atoms with Crippen LogP contribution in [0.25, 0.3) is 22.2 Å². The van der Waals surface area contributed by atoms with Gasteiger partial charge in [0.25, 0.3) is 0 Å². The number of hydrogen-bond donors (Lipinski definition) is 2. The number of aromatic nitrogens is 2. The summed E-state index contributed by atoms with van der Waals surface area (Å²) in [6, 6.07) is 12.1. The summed E-state index contributed by atoms with van der Waals surface area (Å²) in [5.41, 5.74) is 3.25. The van der Waals surface area contributed by atoms with Gasteiger partial charge in [0.1, 0.15) is 5.76 Å². The molecule has 22 heavy (non-hydrogen) atoms. The minimum atomic E-state index is 0. The van der Waals surface area contributed by atoms with Gasteiger partial charge in [-0.15, -0.1) is 23.7 Å². The molecule has 0 radical (unpaired) electrons. The minimum Gasteiger partial charge on any atom is -0.467 e. The third kappa shape index (κ3) is 2.73. The van der Waals surface area contributed by atoms with Crippen molar-refractivity contribution in [3.8, 4) is 11.3 Å². The van der Waals surface area contributed by atoms with Crippen molar-refractivity contribution in [2.24, 2.45) is 0 Å². The van der Waals surface area contributed by atoms with Crippen LogP contribution in [0.15, 0.2) is 58.7 Å². The highest BCUT2D eigenvalue weighted by atomic mass is 35.5. The van der Waals surface area contributed by atoms with Crippen LogP contribution in [-0.2, 0) is 6.54 Å². The number of fused-ring (bicyclic) bond motifs is 1. The SMILES string of the molecule is Cl.c1coc(CNc2nc(-c3c[nH]c4ccccc34)cs2)c1. The van der Waals surface area contributed by atoms with Crippen molar-refractivity contribution in [1.82, 2.24) is 9.97 Å². The van der Waals surface area contributed by atoms with E-state index in [2.05, 4.69) is 32.8 Å². The summed E-state index contributed by atoms with van der Waals surface area (Å²) >= 11 is 1.60. The van der Waals surface area contributed by atoms with Gasteiger partial charge < -0.3 is 14.7 Å². The summed E-state index contributed by atoms with van der Waals surface area (Å²) in [7, 11) is 0. The standard InChI is InChI=1S/C16H13N3OS.ClH/c1-2-6-14-12(5-1)13(9-17-14)15-10-21-16(19-15)18-8-11-4-3-7-20-11;/h1-7,9-10,17H,8H2,(H,18,19);1H. The molecule has 0 saturated carbocycles. The number of nitrogens with one attached hydrogen (secondary N) is 2. The van der Waals surface area contributed by atoms with Crippen LogP contribution in [0.2, 0.25) is 0 Å². The topological polar surface area (TPSA) is 53.9 Å². The molecular formula is C16H14ClN3OS. The van der Waals surface area contributed by atoms with Gasteiger partial charge in [-0.3, -0.25) is 0 Å². The van der Waals surface area contributed by atoms with Gasteiger partial charge >= 0.3 is 0 Å². The zero-order chi connectivity index (χ0) is 14.1. The average molecular weight is 332 g/mol. The van der Waals surface area contributed by atoms with Crippen LogP contribution in [0.5, 0.6) is 0 Å². The second kappa shape index (κ2) is 6.25. The smallest absolute Gasteiger partial charge is 0.183 e. The van der Waals surface area contributed by atoms with Crippen molar-refractivity contribution in [2.75, 3.05) is 5.32 Å². The molecule has 3 aromatic heterocycles. The lowest BCUT2D eigenvalue weighted by atomic mass is 10.1. The summed E-state index contributed by atoms with van der Waals surface area (Å²) in [6.07, 6.45) is 3.69. The lowest BCUT2D eigenvalue weighted by Gasteiger charge is -1.98. The van der Waals surface area contributed by atoms with Crippen LogP contribution in [0.4, 0.5) is 5.13 Å². The van der Waals surface area contributed by atoms with Gasteiger partial charge in [-0.05, 0) is 18.2 Å². The molecule has 4 aromatic rings. The summed E-state index contributed by atoms with van der Waals surface area (Å²) in [4.78, 5) is 7.93. The van der Waals surface area contributed by atoms with E-state index in [0.29, 0.717) is 6.54 Å². The number of rotatable bonds is 4. The Morgan fingerprint density at radius 2 is 2.09 bits per heavy atom. The van der Waals surface area contributed by atoms with Crippen LogP contribution in [-0.4, -0.2) is 9.97 Å². The van der Waals surface area contributed by atoms with E-state index in [-0.39, 0.29) is 12.4 Å². The second-order valence-corrected chi connectivity index (χ2v) is 5.58. The Kier molecular flexibility index (Phi) is 4.18. The molecule has 0 unspecified atom stereocenters. The summed E-state index contributed by atoms with van der Waals surface area (Å²) in [5, 5.41) is 7.44. The molecule has 4 rings (SSSR count). The van der Waals surface area contributed by atoms with E-state index in [1.165, 1.54) is 5.39 Å². The Hall–Kier alpha value is -2.24. The van der Waals surface area contributed by atoms with Gasteiger partial charge in [-0.25, -0.2) is 4.98 Å². The highest BCUT2D eigenvalue weighted by molar-refractivity contribution is 7.14. The van der Waals surface area contributed by atoms with Crippen LogP contribution in [0.1, 0.15) is 5.76 Å². The molecule has 0 aliphatic carbocycles. The first-order valence-corrected chi connectivity index (χ1v) is 7.56. The van der Waals surface area contributed by atoms with Crippen LogP contribution < -0.4 is 5.32 Å². The maximum absolute atomic E-state index is 5.30. The van der Waals surface area contributed by atoms with Gasteiger partial charge in [0.15, 0.2) is 5.13 Å². The molecule has 112 valence electrons. The first-order chi connectivity index (χ1) is 10.4. The van der Waals surface area contributed by atoms with E-state index in [0.717, 1.165) is 27.7 Å². The lowest BCUT2D eigenvalue weighted by Crippen LogP contribution is -1.97. The number of para-hydroxylation sites is 1. The van der Waals surface area contributed by atoms with Crippen molar-refractivity contribution < 1.29 is 4.42 Å². The average Bonchev–Trinajstić information content (AvgIpc) is 3.25. The first kappa shape index (κ1) is 14.7. The molecule has 1 aromatic carbocycles. The molecule has 4 nitrogen and oxygen atoms in total.